The lowest BCUT2D eigenvalue weighted by Gasteiger charge is -2.08. The number of benzene rings is 2. The first-order chi connectivity index (χ1) is 9.06. The minimum atomic E-state index is -0.874. The largest absolute Gasteiger partial charge is 0.478 e. The second-order valence-electron chi connectivity index (χ2n) is 4.60. The normalized spacial score (nSPS) is 10.4. The third-order valence-corrected chi connectivity index (χ3v) is 3.30. The van der Waals surface area contributed by atoms with E-state index in [2.05, 4.69) is 0 Å². The number of hydrogen-bond donors (Lipinski definition) is 1. The van der Waals surface area contributed by atoms with Crippen LogP contribution in [0.2, 0.25) is 5.02 Å². The monoisotopic (exact) mass is 274 g/mol. The molecule has 0 bridgehead atoms. The average Bonchev–Trinajstić information content (AvgIpc) is 2.36. The van der Waals surface area contributed by atoms with Crippen molar-refractivity contribution in [2.24, 2.45) is 0 Å². The topological polar surface area (TPSA) is 37.3 Å². The minimum Gasteiger partial charge on any atom is -0.478 e. The maximum atomic E-state index is 11.2. The van der Waals surface area contributed by atoms with Crippen molar-refractivity contribution in [3.63, 3.8) is 0 Å². The van der Waals surface area contributed by atoms with Gasteiger partial charge in [-0.2, -0.15) is 0 Å². The molecule has 0 unspecified atom stereocenters. The van der Waals surface area contributed by atoms with Gasteiger partial charge in [0.25, 0.3) is 0 Å². The second kappa shape index (κ2) is 5.89. The molecule has 2 nitrogen and oxygen atoms in total. The summed E-state index contributed by atoms with van der Waals surface area (Å²) in [7, 11) is 0. The third-order valence-electron chi connectivity index (χ3n) is 3.06. The molecule has 2 aromatic rings. The lowest BCUT2D eigenvalue weighted by atomic mass is 9.98. The van der Waals surface area contributed by atoms with Crippen LogP contribution in [-0.4, -0.2) is 11.1 Å². The number of aryl methyl sites for hydroxylation is 3. The van der Waals surface area contributed by atoms with E-state index in [1.54, 1.807) is 6.07 Å². The second-order valence-corrected chi connectivity index (χ2v) is 5.03. The average molecular weight is 275 g/mol. The summed E-state index contributed by atoms with van der Waals surface area (Å²) in [5.74, 6) is -0.874. The van der Waals surface area contributed by atoms with Crippen molar-refractivity contribution in [3.05, 3.63) is 69.7 Å². The van der Waals surface area contributed by atoms with E-state index in [1.165, 1.54) is 0 Å². The van der Waals surface area contributed by atoms with Gasteiger partial charge in [0, 0.05) is 5.02 Å². The molecule has 0 saturated heterocycles. The number of carboxylic acid groups (broad SMARTS) is 1. The molecule has 98 valence electrons. The zero-order chi connectivity index (χ0) is 13.8. The van der Waals surface area contributed by atoms with Crippen LogP contribution in [0.5, 0.6) is 0 Å². The highest BCUT2D eigenvalue weighted by Crippen LogP contribution is 2.17. The highest BCUT2D eigenvalue weighted by molar-refractivity contribution is 6.30. The Hall–Kier alpha value is -1.80. The fourth-order valence-electron chi connectivity index (χ4n) is 2.11. The van der Waals surface area contributed by atoms with Crippen LogP contribution in [0.25, 0.3) is 0 Å². The standard InChI is InChI=1S/C16H15ClO2/c1-11-5-8-15(16(18)19)13(9-11)7-6-12-3-2-4-14(17)10-12/h2-5,8-10H,6-7H2,1H3,(H,18,19). The molecule has 0 aliphatic rings. The Balaban J connectivity index is 2.19. The zero-order valence-electron chi connectivity index (χ0n) is 10.7. The molecule has 0 aliphatic carbocycles. The van der Waals surface area contributed by atoms with Crippen molar-refractivity contribution in [2.45, 2.75) is 19.8 Å². The summed E-state index contributed by atoms with van der Waals surface area (Å²) in [6, 6.07) is 13.1. The van der Waals surface area contributed by atoms with E-state index in [0.717, 1.165) is 23.1 Å². The van der Waals surface area contributed by atoms with Crippen molar-refractivity contribution in [3.8, 4) is 0 Å². The Kier molecular flexibility index (Phi) is 4.23. The predicted molar refractivity (Wildman–Crippen MR) is 77.0 cm³/mol. The number of rotatable bonds is 4. The van der Waals surface area contributed by atoms with Gasteiger partial charge in [-0.05, 0) is 49.1 Å². The molecule has 0 amide bonds. The molecule has 0 heterocycles. The Labute approximate surface area is 117 Å². The van der Waals surface area contributed by atoms with Crippen molar-refractivity contribution in [1.29, 1.82) is 0 Å². The summed E-state index contributed by atoms with van der Waals surface area (Å²) in [6.45, 7) is 1.97. The molecule has 1 N–H and O–H groups in total. The van der Waals surface area contributed by atoms with Crippen LogP contribution in [0.1, 0.15) is 27.0 Å². The van der Waals surface area contributed by atoms with Gasteiger partial charge in [-0.15, -0.1) is 0 Å². The van der Waals surface area contributed by atoms with Gasteiger partial charge in [0.1, 0.15) is 0 Å². The van der Waals surface area contributed by atoms with Gasteiger partial charge in [0.15, 0.2) is 0 Å². The van der Waals surface area contributed by atoms with E-state index < -0.39 is 5.97 Å². The molecule has 0 spiro atoms. The SMILES string of the molecule is Cc1ccc(C(=O)O)c(CCc2cccc(Cl)c2)c1. The fraction of sp³-hybridized carbons (Fsp3) is 0.188. The first-order valence-electron chi connectivity index (χ1n) is 6.13. The van der Waals surface area contributed by atoms with Crippen molar-refractivity contribution >= 4 is 17.6 Å². The Bertz CT molecular complexity index is 605. The highest BCUT2D eigenvalue weighted by Gasteiger charge is 2.09. The number of hydrogen-bond acceptors (Lipinski definition) is 1. The molecule has 3 heteroatoms. The first kappa shape index (κ1) is 13.6. The molecular weight excluding hydrogens is 260 g/mol. The maximum absolute atomic E-state index is 11.2. The number of halogens is 1. The molecule has 0 radical (unpaired) electrons. The molecular formula is C16H15ClO2. The number of carbonyl (C=O) groups is 1. The van der Waals surface area contributed by atoms with Crippen molar-refractivity contribution in [1.82, 2.24) is 0 Å². The lowest BCUT2D eigenvalue weighted by Crippen LogP contribution is -2.04. The summed E-state index contributed by atoms with van der Waals surface area (Å²) in [5.41, 5.74) is 3.44. The highest BCUT2D eigenvalue weighted by atomic mass is 35.5. The fourth-order valence-corrected chi connectivity index (χ4v) is 2.32. The molecule has 2 aromatic carbocycles. The summed E-state index contributed by atoms with van der Waals surface area (Å²) >= 11 is 5.94. The molecule has 0 fully saturated rings. The van der Waals surface area contributed by atoms with Crippen LogP contribution in [-0.2, 0) is 12.8 Å². The zero-order valence-corrected chi connectivity index (χ0v) is 11.4. The van der Waals surface area contributed by atoms with Crippen LogP contribution in [0, 0.1) is 6.92 Å². The Morgan fingerprint density at radius 2 is 1.95 bits per heavy atom. The van der Waals surface area contributed by atoms with Crippen LogP contribution < -0.4 is 0 Å². The summed E-state index contributed by atoms with van der Waals surface area (Å²) < 4.78 is 0. The predicted octanol–water partition coefficient (Wildman–Crippen LogP) is 4.13. The quantitative estimate of drug-likeness (QED) is 0.910. The maximum Gasteiger partial charge on any atom is 0.335 e. The van der Waals surface area contributed by atoms with Crippen LogP contribution in [0.15, 0.2) is 42.5 Å². The smallest absolute Gasteiger partial charge is 0.335 e. The van der Waals surface area contributed by atoms with Crippen molar-refractivity contribution in [2.75, 3.05) is 0 Å². The number of carboxylic acids is 1. The van der Waals surface area contributed by atoms with Gasteiger partial charge in [-0.25, -0.2) is 4.79 Å². The van der Waals surface area contributed by atoms with E-state index in [0.29, 0.717) is 17.0 Å². The van der Waals surface area contributed by atoms with Crippen LogP contribution in [0.4, 0.5) is 0 Å². The van der Waals surface area contributed by atoms with Gasteiger partial charge < -0.3 is 5.11 Å². The van der Waals surface area contributed by atoms with E-state index in [-0.39, 0.29) is 0 Å². The molecule has 0 aliphatic heterocycles. The molecule has 0 aromatic heterocycles. The van der Waals surface area contributed by atoms with E-state index >= 15 is 0 Å². The Morgan fingerprint density at radius 1 is 1.16 bits per heavy atom. The van der Waals surface area contributed by atoms with E-state index in [4.69, 9.17) is 11.6 Å². The summed E-state index contributed by atoms with van der Waals surface area (Å²) in [6.07, 6.45) is 1.48. The van der Waals surface area contributed by atoms with Crippen LogP contribution >= 0.6 is 11.6 Å². The molecule has 2 rings (SSSR count). The van der Waals surface area contributed by atoms with Crippen LogP contribution in [0.3, 0.4) is 0 Å². The van der Waals surface area contributed by atoms with E-state index in [9.17, 15) is 9.90 Å². The third kappa shape index (κ3) is 3.58. The summed E-state index contributed by atoms with van der Waals surface area (Å²) in [4.78, 5) is 11.2. The molecule has 0 saturated carbocycles. The first-order valence-corrected chi connectivity index (χ1v) is 6.51. The van der Waals surface area contributed by atoms with Gasteiger partial charge in [0.05, 0.1) is 5.56 Å². The van der Waals surface area contributed by atoms with Gasteiger partial charge >= 0.3 is 5.97 Å². The molecule has 19 heavy (non-hydrogen) atoms. The lowest BCUT2D eigenvalue weighted by molar-refractivity contribution is 0.0695. The minimum absolute atomic E-state index is 0.382. The summed E-state index contributed by atoms with van der Waals surface area (Å²) in [5, 5.41) is 9.89. The Morgan fingerprint density at radius 3 is 2.63 bits per heavy atom. The molecule has 0 atom stereocenters. The van der Waals surface area contributed by atoms with Gasteiger partial charge in [-0.1, -0.05) is 41.4 Å². The van der Waals surface area contributed by atoms with Gasteiger partial charge in [-0.3, -0.25) is 0 Å². The van der Waals surface area contributed by atoms with Gasteiger partial charge in [0.2, 0.25) is 0 Å². The van der Waals surface area contributed by atoms with Crippen molar-refractivity contribution < 1.29 is 9.90 Å². The van der Waals surface area contributed by atoms with E-state index in [1.807, 2.05) is 43.3 Å². The number of aromatic carboxylic acids is 1.